The molecule has 0 fully saturated rings. The number of nitrogens with one attached hydrogen (secondary N) is 1. The fourth-order valence-corrected chi connectivity index (χ4v) is 2.66. The highest BCUT2D eigenvalue weighted by atomic mass is 79.9. The molecule has 0 aliphatic rings. The molecule has 1 heterocycles. The predicted molar refractivity (Wildman–Crippen MR) is 82.6 cm³/mol. The third kappa shape index (κ3) is 3.19. The second kappa shape index (κ2) is 6.55. The van der Waals surface area contributed by atoms with E-state index in [0.717, 1.165) is 23.3 Å². The summed E-state index contributed by atoms with van der Waals surface area (Å²) in [6.07, 6.45) is 1.71. The highest BCUT2D eigenvalue weighted by molar-refractivity contribution is 9.10. The molecule has 0 aliphatic carbocycles. The standard InChI is InChI=1S/C14H17BrClN3/c1-3-17-13(10-5-7-11(15)8-6-10)14-12(16)9-18-19(14)4-2/h5-9,13,17H,3-4H2,1-2H3. The molecule has 0 saturated heterocycles. The van der Waals surface area contributed by atoms with E-state index in [-0.39, 0.29) is 6.04 Å². The molecule has 0 bridgehead atoms. The van der Waals surface area contributed by atoms with Gasteiger partial charge in [0, 0.05) is 11.0 Å². The average molecular weight is 343 g/mol. The van der Waals surface area contributed by atoms with Crippen molar-refractivity contribution in [3.63, 3.8) is 0 Å². The SMILES string of the molecule is CCNC(c1ccc(Br)cc1)c1c(Cl)cnn1CC. The zero-order chi connectivity index (χ0) is 13.8. The summed E-state index contributed by atoms with van der Waals surface area (Å²) in [4.78, 5) is 0. The Morgan fingerprint density at radius 1 is 1.32 bits per heavy atom. The quantitative estimate of drug-likeness (QED) is 0.889. The highest BCUT2D eigenvalue weighted by Crippen LogP contribution is 2.29. The summed E-state index contributed by atoms with van der Waals surface area (Å²) < 4.78 is 3.01. The lowest BCUT2D eigenvalue weighted by molar-refractivity contribution is 0.542. The molecule has 3 nitrogen and oxygen atoms in total. The van der Waals surface area contributed by atoms with Gasteiger partial charge in [-0.1, -0.05) is 46.6 Å². The summed E-state index contributed by atoms with van der Waals surface area (Å²) in [5.41, 5.74) is 2.20. The second-order valence-electron chi connectivity index (χ2n) is 4.24. The van der Waals surface area contributed by atoms with Gasteiger partial charge in [0.2, 0.25) is 0 Å². The van der Waals surface area contributed by atoms with E-state index >= 15 is 0 Å². The van der Waals surface area contributed by atoms with Crippen molar-refractivity contribution >= 4 is 27.5 Å². The van der Waals surface area contributed by atoms with Crippen molar-refractivity contribution in [2.75, 3.05) is 6.54 Å². The molecule has 5 heteroatoms. The Labute approximate surface area is 127 Å². The van der Waals surface area contributed by atoms with Crippen LogP contribution in [-0.2, 0) is 6.54 Å². The molecule has 0 radical (unpaired) electrons. The van der Waals surface area contributed by atoms with Gasteiger partial charge in [-0.25, -0.2) is 0 Å². The van der Waals surface area contributed by atoms with Gasteiger partial charge in [0.05, 0.1) is 23.0 Å². The third-order valence-corrected chi connectivity index (χ3v) is 3.84. The molecule has 0 amide bonds. The van der Waals surface area contributed by atoms with Gasteiger partial charge >= 0.3 is 0 Å². The van der Waals surface area contributed by atoms with Crippen molar-refractivity contribution < 1.29 is 0 Å². The maximum atomic E-state index is 6.30. The Bertz CT molecular complexity index is 536. The van der Waals surface area contributed by atoms with Crippen LogP contribution in [0.25, 0.3) is 0 Å². The molecule has 0 spiro atoms. The largest absolute Gasteiger partial charge is 0.305 e. The Morgan fingerprint density at radius 3 is 2.58 bits per heavy atom. The first-order valence-electron chi connectivity index (χ1n) is 6.37. The van der Waals surface area contributed by atoms with Gasteiger partial charge in [-0.05, 0) is 31.2 Å². The van der Waals surface area contributed by atoms with E-state index in [9.17, 15) is 0 Å². The van der Waals surface area contributed by atoms with Crippen LogP contribution in [0, 0.1) is 0 Å². The monoisotopic (exact) mass is 341 g/mol. The molecule has 1 unspecified atom stereocenters. The lowest BCUT2D eigenvalue weighted by atomic mass is 10.0. The summed E-state index contributed by atoms with van der Waals surface area (Å²) in [6.45, 7) is 5.83. The first-order chi connectivity index (χ1) is 9.17. The highest BCUT2D eigenvalue weighted by Gasteiger charge is 2.20. The number of benzene rings is 1. The van der Waals surface area contributed by atoms with E-state index in [4.69, 9.17) is 11.6 Å². The fourth-order valence-electron chi connectivity index (χ4n) is 2.14. The van der Waals surface area contributed by atoms with E-state index in [1.165, 1.54) is 5.56 Å². The lowest BCUT2D eigenvalue weighted by Crippen LogP contribution is -2.25. The number of aromatic nitrogens is 2. The normalized spacial score (nSPS) is 12.6. The molecule has 1 aromatic carbocycles. The van der Waals surface area contributed by atoms with Crippen LogP contribution in [-0.4, -0.2) is 16.3 Å². The Balaban J connectivity index is 2.44. The van der Waals surface area contributed by atoms with Gasteiger partial charge < -0.3 is 5.32 Å². The minimum atomic E-state index is 0.0630. The topological polar surface area (TPSA) is 29.9 Å². The maximum Gasteiger partial charge on any atom is 0.0837 e. The van der Waals surface area contributed by atoms with Crippen molar-refractivity contribution in [2.24, 2.45) is 0 Å². The van der Waals surface area contributed by atoms with Crippen molar-refractivity contribution in [1.29, 1.82) is 0 Å². The van der Waals surface area contributed by atoms with Gasteiger partial charge in [0.1, 0.15) is 0 Å². The van der Waals surface area contributed by atoms with Crippen molar-refractivity contribution in [1.82, 2.24) is 15.1 Å². The zero-order valence-corrected chi connectivity index (χ0v) is 13.4. The third-order valence-electron chi connectivity index (χ3n) is 3.02. The van der Waals surface area contributed by atoms with Gasteiger partial charge in [-0.15, -0.1) is 0 Å². The summed E-state index contributed by atoms with van der Waals surface area (Å²) in [5.74, 6) is 0. The summed E-state index contributed by atoms with van der Waals surface area (Å²) in [5, 5.41) is 8.50. The molecule has 0 saturated carbocycles. The fraction of sp³-hybridized carbons (Fsp3) is 0.357. The summed E-state index contributed by atoms with van der Waals surface area (Å²) in [6, 6.07) is 8.34. The summed E-state index contributed by atoms with van der Waals surface area (Å²) in [7, 11) is 0. The van der Waals surface area contributed by atoms with Crippen molar-refractivity contribution in [2.45, 2.75) is 26.4 Å². The van der Waals surface area contributed by atoms with E-state index in [0.29, 0.717) is 5.02 Å². The second-order valence-corrected chi connectivity index (χ2v) is 5.56. The first kappa shape index (κ1) is 14.6. The minimum absolute atomic E-state index is 0.0630. The van der Waals surface area contributed by atoms with E-state index < -0.39 is 0 Å². The molecule has 102 valence electrons. The average Bonchev–Trinajstić information content (AvgIpc) is 2.78. The number of aryl methyl sites for hydroxylation is 1. The Morgan fingerprint density at radius 2 is 2.00 bits per heavy atom. The van der Waals surface area contributed by atoms with Crippen LogP contribution >= 0.6 is 27.5 Å². The van der Waals surface area contributed by atoms with E-state index in [1.54, 1.807) is 6.20 Å². The van der Waals surface area contributed by atoms with Gasteiger partial charge in [0.25, 0.3) is 0 Å². The molecule has 19 heavy (non-hydrogen) atoms. The maximum absolute atomic E-state index is 6.30. The number of nitrogens with zero attached hydrogens (tertiary/aromatic N) is 2. The Kier molecular flexibility index (Phi) is 5.02. The van der Waals surface area contributed by atoms with Crippen LogP contribution in [0.4, 0.5) is 0 Å². The van der Waals surface area contributed by atoms with Crippen LogP contribution < -0.4 is 5.32 Å². The molecular weight excluding hydrogens is 326 g/mol. The minimum Gasteiger partial charge on any atom is -0.305 e. The number of rotatable bonds is 5. The molecule has 1 atom stereocenters. The molecule has 1 N–H and O–H groups in total. The van der Waals surface area contributed by atoms with Crippen LogP contribution in [0.5, 0.6) is 0 Å². The van der Waals surface area contributed by atoms with Crippen LogP contribution in [0.3, 0.4) is 0 Å². The van der Waals surface area contributed by atoms with Crippen molar-refractivity contribution in [3.05, 3.63) is 51.2 Å². The molecular formula is C14H17BrClN3. The summed E-state index contributed by atoms with van der Waals surface area (Å²) >= 11 is 9.76. The van der Waals surface area contributed by atoms with E-state index in [2.05, 4.69) is 52.3 Å². The first-order valence-corrected chi connectivity index (χ1v) is 7.54. The van der Waals surface area contributed by atoms with Crippen LogP contribution in [0.15, 0.2) is 34.9 Å². The van der Waals surface area contributed by atoms with Gasteiger partial charge in [-0.3, -0.25) is 4.68 Å². The molecule has 0 aliphatic heterocycles. The smallest absolute Gasteiger partial charge is 0.0837 e. The predicted octanol–water partition coefficient (Wildman–Crippen LogP) is 4.02. The molecule has 2 rings (SSSR count). The lowest BCUT2D eigenvalue weighted by Gasteiger charge is -2.20. The molecule has 2 aromatic rings. The van der Waals surface area contributed by atoms with Crippen LogP contribution in [0.1, 0.15) is 31.1 Å². The van der Waals surface area contributed by atoms with Crippen molar-refractivity contribution in [3.8, 4) is 0 Å². The number of hydrogen-bond donors (Lipinski definition) is 1. The van der Waals surface area contributed by atoms with Gasteiger partial charge in [0.15, 0.2) is 0 Å². The number of hydrogen-bond acceptors (Lipinski definition) is 2. The molecule has 1 aromatic heterocycles. The van der Waals surface area contributed by atoms with Gasteiger partial charge in [-0.2, -0.15) is 5.10 Å². The van der Waals surface area contributed by atoms with E-state index in [1.807, 2.05) is 16.8 Å². The number of halogens is 2. The zero-order valence-electron chi connectivity index (χ0n) is 11.0. The van der Waals surface area contributed by atoms with Crippen LogP contribution in [0.2, 0.25) is 5.02 Å². The Hall–Kier alpha value is -0.840.